The summed E-state index contributed by atoms with van der Waals surface area (Å²) in [5.41, 5.74) is 9.73. The number of carbonyl (C=O) groups is 2. The Morgan fingerprint density at radius 2 is 1.62 bits per heavy atom. The molecule has 1 amide bonds. The van der Waals surface area contributed by atoms with Crippen molar-refractivity contribution in [2.75, 3.05) is 0 Å². The standard InChI is InChI=1S/C27H27N3O4/c28-23(15-20-16-29-24-9-5-4-8-22(20)24)26(32)30-25(14-18-10-12-21(31)13-11-18)27(33)34-17-19-6-2-1-3-7-19/h1-13,16,23,25,29,31H,14-15,17,28H2,(H,30,32). The Bertz CT molecular complexity index is 1250. The van der Waals surface area contributed by atoms with Crippen LogP contribution in [0.15, 0.2) is 85.1 Å². The van der Waals surface area contributed by atoms with Gasteiger partial charge in [-0.25, -0.2) is 4.79 Å². The molecule has 1 heterocycles. The van der Waals surface area contributed by atoms with Gasteiger partial charge in [0.1, 0.15) is 18.4 Å². The molecular formula is C27H27N3O4. The van der Waals surface area contributed by atoms with Gasteiger partial charge < -0.3 is 25.9 Å². The third-order valence-electron chi connectivity index (χ3n) is 5.65. The number of phenols is 1. The van der Waals surface area contributed by atoms with E-state index in [4.69, 9.17) is 10.5 Å². The van der Waals surface area contributed by atoms with Crippen molar-refractivity contribution in [1.82, 2.24) is 10.3 Å². The summed E-state index contributed by atoms with van der Waals surface area (Å²) in [7, 11) is 0. The van der Waals surface area contributed by atoms with Crippen molar-refractivity contribution in [2.24, 2.45) is 5.73 Å². The molecular weight excluding hydrogens is 430 g/mol. The van der Waals surface area contributed by atoms with E-state index in [0.29, 0.717) is 6.42 Å². The van der Waals surface area contributed by atoms with Gasteiger partial charge in [-0.15, -0.1) is 0 Å². The van der Waals surface area contributed by atoms with Crippen LogP contribution in [0.3, 0.4) is 0 Å². The van der Waals surface area contributed by atoms with Crippen LogP contribution in [0, 0.1) is 0 Å². The van der Waals surface area contributed by atoms with Crippen molar-refractivity contribution in [2.45, 2.75) is 31.5 Å². The van der Waals surface area contributed by atoms with Gasteiger partial charge in [-0.1, -0.05) is 60.7 Å². The Morgan fingerprint density at radius 1 is 0.912 bits per heavy atom. The largest absolute Gasteiger partial charge is 0.508 e. The molecule has 5 N–H and O–H groups in total. The summed E-state index contributed by atoms with van der Waals surface area (Å²) in [4.78, 5) is 29.0. The van der Waals surface area contributed by atoms with E-state index in [9.17, 15) is 14.7 Å². The minimum Gasteiger partial charge on any atom is -0.508 e. The molecule has 0 fully saturated rings. The molecule has 0 bridgehead atoms. The van der Waals surface area contributed by atoms with Gasteiger partial charge in [-0.05, 0) is 41.3 Å². The van der Waals surface area contributed by atoms with Crippen molar-refractivity contribution in [3.05, 3.63) is 102 Å². The van der Waals surface area contributed by atoms with Gasteiger partial charge in [-0.3, -0.25) is 4.79 Å². The lowest BCUT2D eigenvalue weighted by Gasteiger charge is -2.20. The van der Waals surface area contributed by atoms with E-state index in [1.807, 2.05) is 60.8 Å². The first-order valence-electron chi connectivity index (χ1n) is 11.1. The minimum atomic E-state index is -0.922. The number of aromatic amines is 1. The molecule has 2 unspecified atom stereocenters. The van der Waals surface area contributed by atoms with Crippen molar-refractivity contribution >= 4 is 22.8 Å². The molecule has 3 aromatic carbocycles. The predicted octanol–water partition coefficient (Wildman–Crippen LogP) is 3.21. The summed E-state index contributed by atoms with van der Waals surface area (Å²) < 4.78 is 5.48. The molecule has 4 rings (SSSR count). The summed E-state index contributed by atoms with van der Waals surface area (Å²) in [6.45, 7) is 0.100. The fourth-order valence-corrected chi connectivity index (χ4v) is 3.80. The minimum absolute atomic E-state index is 0.100. The van der Waals surface area contributed by atoms with Gasteiger partial charge in [0, 0.05) is 23.5 Å². The van der Waals surface area contributed by atoms with Gasteiger partial charge >= 0.3 is 5.97 Å². The van der Waals surface area contributed by atoms with Crippen LogP contribution in [0.5, 0.6) is 5.75 Å². The molecule has 0 spiro atoms. The summed E-state index contributed by atoms with van der Waals surface area (Å²) in [6.07, 6.45) is 2.38. The first-order valence-corrected chi connectivity index (χ1v) is 11.1. The van der Waals surface area contributed by atoms with Crippen LogP contribution in [0.25, 0.3) is 10.9 Å². The first kappa shape index (κ1) is 23.1. The Kier molecular flexibility index (Phi) is 7.25. The molecule has 34 heavy (non-hydrogen) atoms. The maximum absolute atomic E-state index is 12.9. The second-order valence-corrected chi connectivity index (χ2v) is 8.20. The molecule has 0 aliphatic carbocycles. The molecule has 1 aromatic heterocycles. The van der Waals surface area contributed by atoms with Crippen LogP contribution < -0.4 is 11.1 Å². The third-order valence-corrected chi connectivity index (χ3v) is 5.65. The number of hydrogen-bond donors (Lipinski definition) is 4. The Labute approximate surface area is 197 Å². The third kappa shape index (κ3) is 5.82. The van der Waals surface area contributed by atoms with Crippen molar-refractivity contribution in [3.63, 3.8) is 0 Å². The molecule has 7 heteroatoms. The van der Waals surface area contributed by atoms with Crippen molar-refractivity contribution < 1.29 is 19.4 Å². The summed E-state index contributed by atoms with van der Waals surface area (Å²) in [5.74, 6) is -0.868. The Morgan fingerprint density at radius 3 is 2.38 bits per heavy atom. The van der Waals surface area contributed by atoms with Gasteiger partial charge in [0.25, 0.3) is 0 Å². The first-order chi connectivity index (χ1) is 16.5. The number of fused-ring (bicyclic) bond motifs is 1. The fourth-order valence-electron chi connectivity index (χ4n) is 3.80. The van der Waals surface area contributed by atoms with Gasteiger partial charge in [0.15, 0.2) is 0 Å². The highest BCUT2D eigenvalue weighted by atomic mass is 16.5. The number of nitrogens with two attached hydrogens (primary N) is 1. The van der Waals surface area contributed by atoms with E-state index < -0.39 is 24.0 Å². The van der Waals surface area contributed by atoms with Crippen molar-refractivity contribution in [1.29, 1.82) is 0 Å². The Balaban J connectivity index is 1.44. The maximum atomic E-state index is 12.9. The molecule has 0 aliphatic rings. The fraction of sp³-hybridized carbons (Fsp3) is 0.185. The normalized spacial score (nSPS) is 12.7. The number of ether oxygens (including phenoxy) is 1. The maximum Gasteiger partial charge on any atom is 0.329 e. The zero-order valence-corrected chi connectivity index (χ0v) is 18.6. The SMILES string of the molecule is NC(Cc1c[nH]c2ccccc12)C(=O)NC(Cc1ccc(O)cc1)C(=O)OCc1ccccc1. The average molecular weight is 458 g/mol. The Hall–Kier alpha value is -4.10. The molecule has 2 atom stereocenters. The number of esters is 1. The smallest absolute Gasteiger partial charge is 0.329 e. The molecule has 0 aliphatic heterocycles. The van der Waals surface area contributed by atoms with Crippen LogP contribution in [0.4, 0.5) is 0 Å². The van der Waals surface area contributed by atoms with Gasteiger partial charge in [0.2, 0.25) is 5.91 Å². The van der Waals surface area contributed by atoms with Crippen LogP contribution >= 0.6 is 0 Å². The number of carbonyl (C=O) groups excluding carboxylic acids is 2. The number of H-pyrrole nitrogens is 1. The van der Waals surface area contributed by atoms with Crippen molar-refractivity contribution in [3.8, 4) is 5.75 Å². The zero-order chi connectivity index (χ0) is 23.9. The second-order valence-electron chi connectivity index (χ2n) is 8.20. The molecule has 0 radical (unpaired) electrons. The van der Waals surface area contributed by atoms with E-state index in [0.717, 1.165) is 27.6 Å². The average Bonchev–Trinajstić information content (AvgIpc) is 3.26. The van der Waals surface area contributed by atoms with Crippen LogP contribution in [0.1, 0.15) is 16.7 Å². The number of aromatic hydroxyl groups is 1. The van der Waals surface area contributed by atoms with E-state index in [1.165, 1.54) is 12.1 Å². The number of nitrogens with one attached hydrogen (secondary N) is 2. The quantitative estimate of drug-likeness (QED) is 0.288. The molecule has 0 saturated heterocycles. The lowest BCUT2D eigenvalue weighted by Crippen LogP contribution is -2.50. The molecule has 4 aromatic rings. The number of benzene rings is 3. The monoisotopic (exact) mass is 457 g/mol. The summed E-state index contributed by atoms with van der Waals surface area (Å²) in [6, 6.07) is 21.8. The summed E-state index contributed by atoms with van der Waals surface area (Å²) >= 11 is 0. The van der Waals surface area contributed by atoms with Crippen LogP contribution in [-0.2, 0) is 33.8 Å². The predicted molar refractivity (Wildman–Crippen MR) is 130 cm³/mol. The molecule has 7 nitrogen and oxygen atoms in total. The van der Waals surface area contributed by atoms with Crippen LogP contribution in [0.2, 0.25) is 0 Å². The van der Waals surface area contributed by atoms with E-state index >= 15 is 0 Å². The molecule has 174 valence electrons. The number of rotatable bonds is 9. The highest BCUT2D eigenvalue weighted by molar-refractivity contribution is 5.89. The zero-order valence-electron chi connectivity index (χ0n) is 18.6. The molecule has 0 saturated carbocycles. The lowest BCUT2D eigenvalue weighted by molar-refractivity contribution is -0.149. The van der Waals surface area contributed by atoms with E-state index in [1.54, 1.807) is 12.1 Å². The van der Waals surface area contributed by atoms with Crippen LogP contribution in [-0.4, -0.2) is 34.1 Å². The van der Waals surface area contributed by atoms with E-state index in [2.05, 4.69) is 10.3 Å². The summed E-state index contributed by atoms with van der Waals surface area (Å²) in [5, 5.41) is 13.3. The number of para-hydroxylation sites is 1. The van der Waals surface area contributed by atoms with E-state index in [-0.39, 0.29) is 18.8 Å². The van der Waals surface area contributed by atoms with Gasteiger partial charge in [-0.2, -0.15) is 0 Å². The second kappa shape index (κ2) is 10.7. The topological polar surface area (TPSA) is 117 Å². The van der Waals surface area contributed by atoms with Gasteiger partial charge in [0.05, 0.1) is 6.04 Å². The number of hydrogen-bond acceptors (Lipinski definition) is 5. The highest BCUT2D eigenvalue weighted by Gasteiger charge is 2.26. The number of amides is 1. The highest BCUT2D eigenvalue weighted by Crippen LogP contribution is 2.19. The number of phenolic OH excluding ortho intramolecular Hbond substituents is 1. The number of aromatic nitrogens is 1. The lowest BCUT2D eigenvalue weighted by atomic mass is 10.0.